The van der Waals surface area contributed by atoms with Crippen LogP contribution in [0.15, 0.2) is 36.7 Å². The van der Waals surface area contributed by atoms with Gasteiger partial charge in [0.25, 0.3) is 0 Å². The Hall–Kier alpha value is -2.34. The number of ether oxygens (including phenoxy) is 2. The quantitative estimate of drug-likeness (QED) is 0.933. The summed E-state index contributed by atoms with van der Waals surface area (Å²) in [5.41, 5.74) is 0.962. The Kier molecular flexibility index (Phi) is 4.39. The first kappa shape index (κ1) is 14.6. The second-order valence-electron chi connectivity index (χ2n) is 5.05. The molecule has 1 atom stereocenters. The van der Waals surface area contributed by atoms with E-state index in [9.17, 15) is 5.11 Å². The summed E-state index contributed by atoms with van der Waals surface area (Å²) in [6.45, 7) is 4.54. The Morgan fingerprint density at radius 1 is 1.36 bits per heavy atom. The van der Waals surface area contributed by atoms with Gasteiger partial charge in [-0.1, -0.05) is 12.1 Å². The molecule has 6 nitrogen and oxygen atoms in total. The average molecular weight is 301 g/mol. The fourth-order valence-electron chi connectivity index (χ4n) is 2.51. The van der Waals surface area contributed by atoms with Gasteiger partial charge in [0.15, 0.2) is 0 Å². The van der Waals surface area contributed by atoms with Crippen LogP contribution in [0, 0.1) is 0 Å². The van der Waals surface area contributed by atoms with Crippen LogP contribution < -0.4 is 9.64 Å². The SMILES string of the molecule is CCOc1cc(N2CCOC(c3cccc(O)c3)C2)ncn1. The van der Waals surface area contributed by atoms with Gasteiger partial charge < -0.3 is 19.5 Å². The molecule has 2 aromatic rings. The van der Waals surface area contributed by atoms with Crippen LogP contribution in [0.25, 0.3) is 0 Å². The maximum Gasteiger partial charge on any atom is 0.218 e. The lowest BCUT2D eigenvalue weighted by Crippen LogP contribution is -2.38. The van der Waals surface area contributed by atoms with E-state index in [0.717, 1.165) is 17.9 Å². The zero-order valence-corrected chi connectivity index (χ0v) is 12.5. The van der Waals surface area contributed by atoms with Crippen molar-refractivity contribution in [2.45, 2.75) is 13.0 Å². The molecule has 3 rings (SSSR count). The van der Waals surface area contributed by atoms with Crippen molar-refractivity contribution in [3.63, 3.8) is 0 Å². The van der Waals surface area contributed by atoms with Crippen LogP contribution in [0.4, 0.5) is 5.82 Å². The number of rotatable bonds is 4. The number of nitrogens with zero attached hydrogens (tertiary/aromatic N) is 3. The Morgan fingerprint density at radius 3 is 3.09 bits per heavy atom. The normalized spacial score (nSPS) is 18.2. The van der Waals surface area contributed by atoms with E-state index < -0.39 is 0 Å². The largest absolute Gasteiger partial charge is 0.508 e. The van der Waals surface area contributed by atoms with Gasteiger partial charge >= 0.3 is 0 Å². The van der Waals surface area contributed by atoms with E-state index in [0.29, 0.717) is 25.6 Å². The van der Waals surface area contributed by atoms with Gasteiger partial charge in [-0.05, 0) is 24.6 Å². The molecule has 1 aliphatic rings. The molecular weight excluding hydrogens is 282 g/mol. The van der Waals surface area contributed by atoms with E-state index in [-0.39, 0.29) is 11.9 Å². The molecule has 1 aromatic carbocycles. The monoisotopic (exact) mass is 301 g/mol. The van der Waals surface area contributed by atoms with Gasteiger partial charge in [0.2, 0.25) is 5.88 Å². The standard InChI is InChI=1S/C16H19N3O3/c1-2-21-16-9-15(17-11-18-16)19-6-7-22-14(10-19)12-4-3-5-13(20)8-12/h3-5,8-9,11,14,20H,2,6-7,10H2,1H3. The second kappa shape index (κ2) is 6.62. The number of morpholine rings is 1. The first-order valence-corrected chi connectivity index (χ1v) is 7.36. The van der Waals surface area contributed by atoms with Gasteiger partial charge in [-0.3, -0.25) is 0 Å². The number of hydrogen-bond donors (Lipinski definition) is 1. The van der Waals surface area contributed by atoms with Crippen LogP contribution in [-0.2, 0) is 4.74 Å². The van der Waals surface area contributed by atoms with Crippen molar-refractivity contribution < 1.29 is 14.6 Å². The van der Waals surface area contributed by atoms with E-state index in [4.69, 9.17) is 9.47 Å². The summed E-state index contributed by atoms with van der Waals surface area (Å²) in [6.07, 6.45) is 1.42. The van der Waals surface area contributed by atoms with Crippen LogP contribution in [-0.4, -0.2) is 41.4 Å². The van der Waals surface area contributed by atoms with E-state index in [2.05, 4.69) is 14.9 Å². The summed E-state index contributed by atoms with van der Waals surface area (Å²) in [5, 5.41) is 9.62. The van der Waals surface area contributed by atoms with Crippen molar-refractivity contribution in [3.8, 4) is 11.6 Å². The third-order valence-corrected chi connectivity index (χ3v) is 3.55. The van der Waals surface area contributed by atoms with E-state index >= 15 is 0 Å². The van der Waals surface area contributed by atoms with E-state index in [1.165, 1.54) is 6.33 Å². The first-order chi connectivity index (χ1) is 10.8. The molecule has 2 heterocycles. The molecule has 0 aliphatic carbocycles. The lowest BCUT2D eigenvalue weighted by Gasteiger charge is -2.34. The minimum atomic E-state index is -0.0913. The van der Waals surface area contributed by atoms with Crippen LogP contribution in [0.5, 0.6) is 11.6 Å². The van der Waals surface area contributed by atoms with Gasteiger partial charge in [-0.25, -0.2) is 9.97 Å². The summed E-state index contributed by atoms with van der Waals surface area (Å²) in [5.74, 6) is 1.65. The number of anilines is 1. The molecule has 1 saturated heterocycles. The molecule has 6 heteroatoms. The Labute approximate surface area is 129 Å². The Bertz CT molecular complexity index is 636. The Balaban J connectivity index is 1.76. The van der Waals surface area contributed by atoms with E-state index in [1.807, 2.05) is 25.1 Å². The molecule has 0 spiro atoms. The van der Waals surface area contributed by atoms with Gasteiger partial charge in [-0.15, -0.1) is 0 Å². The lowest BCUT2D eigenvalue weighted by atomic mass is 10.1. The molecule has 0 radical (unpaired) electrons. The van der Waals surface area contributed by atoms with Crippen LogP contribution in [0.3, 0.4) is 0 Å². The maximum absolute atomic E-state index is 9.62. The number of hydrogen-bond acceptors (Lipinski definition) is 6. The second-order valence-corrected chi connectivity index (χ2v) is 5.05. The van der Waals surface area contributed by atoms with Crippen LogP contribution in [0.1, 0.15) is 18.6 Å². The summed E-state index contributed by atoms with van der Waals surface area (Å²) in [6, 6.07) is 9.02. The molecule has 22 heavy (non-hydrogen) atoms. The number of aromatic hydroxyl groups is 1. The van der Waals surface area contributed by atoms with Gasteiger partial charge in [-0.2, -0.15) is 0 Å². The van der Waals surface area contributed by atoms with Crippen molar-refractivity contribution in [2.24, 2.45) is 0 Å². The van der Waals surface area contributed by atoms with Gasteiger partial charge in [0.05, 0.1) is 13.2 Å². The highest BCUT2D eigenvalue weighted by atomic mass is 16.5. The highest BCUT2D eigenvalue weighted by Crippen LogP contribution is 2.27. The van der Waals surface area contributed by atoms with Crippen molar-refractivity contribution in [1.82, 2.24) is 9.97 Å². The highest BCUT2D eigenvalue weighted by molar-refractivity contribution is 5.42. The third-order valence-electron chi connectivity index (χ3n) is 3.55. The number of phenols is 1. The predicted molar refractivity (Wildman–Crippen MR) is 82.2 cm³/mol. The summed E-state index contributed by atoms with van der Waals surface area (Å²) >= 11 is 0. The maximum atomic E-state index is 9.62. The predicted octanol–water partition coefficient (Wildman–Crippen LogP) is 2.16. The molecule has 1 aliphatic heterocycles. The number of aromatic nitrogens is 2. The molecule has 1 fully saturated rings. The minimum absolute atomic E-state index is 0.0913. The molecule has 1 N–H and O–H groups in total. The molecule has 0 bridgehead atoms. The number of phenolic OH excluding ortho intramolecular Hbond substituents is 1. The topological polar surface area (TPSA) is 67.7 Å². The average Bonchev–Trinajstić information content (AvgIpc) is 2.56. The molecule has 0 saturated carbocycles. The van der Waals surface area contributed by atoms with E-state index in [1.54, 1.807) is 12.1 Å². The van der Waals surface area contributed by atoms with Crippen molar-refractivity contribution in [3.05, 3.63) is 42.2 Å². The summed E-state index contributed by atoms with van der Waals surface area (Å²) in [7, 11) is 0. The zero-order valence-electron chi connectivity index (χ0n) is 12.5. The fourth-order valence-corrected chi connectivity index (χ4v) is 2.51. The molecule has 0 amide bonds. The molecule has 116 valence electrons. The molecular formula is C16H19N3O3. The minimum Gasteiger partial charge on any atom is -0.508 e. The van der Waals surface area contributed by atoms with Crippen molar-refractivity contribution >= 4 is 5.82 Å². The zero-order chi connectivity index (χ0) is 15.4. The number of benzene rings is 1. The highest BCUT2D eigenvalue weighted by Gasteiger charge is 2.23. The fraction of sp³-hybridized carbons (Fsp3) is 0.375. The third kappa shape index (κ3) is 3.28. The lowest BCUT2D eigenvalue weighted by molar-refractivity contribution is 0.0393. The summed E-state index contributed by atoms with van der Waals surface area (Å²) < 4.78 is 11.2. The molecule has 1 unspecified atom stereocenters. The van der Waals surface area contributed by atoms with Crippen LogP contribution >= 0.6 is 0 Å². The van der Waals surface area contributed by atoms with Gasteiger partial charge in [0, 0.05) is 19.2 Å². The van der Waals surface area contributed by atoms with Crippen LogP contribution in [0.2, 0.25) is 0 Å². The Morgan fingerprint density at radius 2 is 2.27 bits per heavy atom. The first-order valence-electron chi connectivity index (χ1n) is 7.36. The van der Waals surface area contributed by atoms with Crippen molar-refractivity contribution in [2.75, 3.05) is 31.2 Å². The summed E-state index contributed by atoms with van der Waals surface area (Å²) in [4.78, 5) is 10.6. The molecule has 1 aromatic heterocycles. The van der Waals surface area contributed by atoms with Gasteiger partial charge in [0.1, 0.15) is 24.0 Å². The van der Waals surface area contributed by atoms with Crippen molar-refractivity contribution in [1.29, 1.82) is 0 Å². The smallest absolute Gasteiger partial charge is 0.218 e.